The van der Waals surface area contributed by atoms with Crippen LogP contribution in [0, 0.1) is 16.7 Å². The predicted octanol–water partition coefficient (Wildman–Crippen LogP) is 4.63. The topological polar surface area (TPSA) is 78.6 Å². The molecule has 2 saturated heterocycles. The van der Waals surface area contributed by atoms with Gasteiger partial charge in [-0.05, 0) is 61.8 Å². The minimum atomic E-state index is -3.07. The Hall–Kier alpha value is -2.28. The number of sulfonamides is 1. The van der Waals surface area contributed by atoms with E-state index in [0.717, 1.165) is 49.1 Å². The Morgan fingerprint density at radius 1 is 1.14 bits per heavy atom. The Kier molecular flexibility index (Phi) is 6.96. The monoisotopic (exact) mass is 546 g/mol. The molecule has 0 saturated carbocycles. The molecule has 190 valence electrons. The molecule has 0 radical (unpaired) electrons. The third kappa shape index (κ3) is 4.96. The zero-order chi connectivity index (χ0) is 25.5. The number of piperidine rings is 1. The standard InChI is InChI=1S/C26H28Cl2N4O3S/c1-36(33,34)31-17-26(18-31)5-9-30(10-6-26)16-19-2-3-24-20(12-19)4-8-32(24)22-13-21(15-29)25(23(28)14-22)35-11-7-27/h2-4,8,12-14H,5-7,9-11,16-18H2,1H3. The summed E-state index contributed by atoms with van der Waals surface area (Å²) in [6, 6.07) is 14.3. The van der Waals surface area contributed by atoms with Crippen LogP contribution in [-0.2, 0) is 16.6 Å². The number of alkyl halides is 1. The molecule has 3 heterocycles. The highest BCUT2D eigenvalue weighted by atomic mass is 35.5. The number of nitriles is 1. The number of hydrogen-bond donors (Lipinski definition) is 0. The Labute approximate surface area is 221 Å². The quantitative estimate of drug-likeness (QED) is 0.403. The van der Waals surface area contributed by atoms with Gasteiger partial charge in [0, 0.05) is 42.3 Å². The summed E-state index contributed by atoms with van der Waals surface area (Å²) in [7, 11) is -3.07. The van der Waals surface area contributed by atoms with Gasteiger partial charge in [-0.25, -0.2) is 12.7 Å². The molecule has 3 aromatic rings. The van der Waals surface area contributed by atoms with E-state index in [1.54, 1.807) is 16.4 Å². The molecule has 2 aliphatic heterocycles. The summed E-state index contributed by atoms with van der Waals surface area (Å²) in [5.41, 5.74) is 3.59. The molecule has 0 aliphatic carbocycles. The zero-order valence-corrected chi connectivity index (χ0v) is 22.4. The lowest BCUT2D eigenvalue weighted by atomic mass is 9.73. The van der Waals surface area contributed by atoms with Gasteiger partial charge in [-0.15, -0.1) is 11.6 Å². The van der Waals surface area contributed by atoms with E-state index in [1.807, 2.05) is 10.8 Å². The summed E-state index contributed by atoms with van der Waals surface area (Å²) in [6.07, 6.45) is 5.34. The summed E-state index contributed by atoms with van der Waals surface area (Å²) >= 11 is 12.2. The van der Waals surface area contributed by atoms with Crippen molar-refractivity contribution < 1.29 is 13.2 Å². The van der Waals surface area contributed by atoms with E-state index in [4.69, 9.17) is 27.9 Å². The molecule has 0 unspecified atom stereocenters. The van der Waals surface area contributed by atoms with E-state index in [9.17, 15) is 13.7 Å². The van der Waals surface area contributed by atoms with Gasteiger partial charge in [0.2, 0.25) is 10.0 Å². The Bertz CT molecular complexity index is 1430. The summed E-state index contributed by atoms with van der Waals surface area (Å²) in [4.78, 5) is 2.45. The van der Waals surface area contributed by atoms with Crippen LogP contribution in [0.4, 0.5) is 0 Å². The summed E-state index contributed by atoms with van der Waals surface area (Å²) in [5, 5.41) is 11.1. The maximum atomic E-state index is 11.7. The lowest BCUT2D eigenvalue weighted by molar-refractivity contribution is -0.00101. The highest BCUT2D eigenvalue weighted by Crippen LogP contribution is 2.42. The lowest BCUT2D eigenvalue weighted by Gasteiger charge is -2.52. The van der Waals surface area contributed by atoms with Crippen molar-refractivity contribution in [3.63, 3.8) is 0 Å². The molecule has 2 aromatic carbocycles. The largest absolute Gasteiger partial charge is 0.489 e. The average Bonchev–Trinajstić information content (AvgIpc) is 3.24. The number of rotatable bonds is 7. The van der Waals surface area contributed by atoms with Crippen molar-refractivity contribution in [1.29, 1.82) is 5.26 Å². The van der Waals surface area contributed by atoms with Gasteiger partial charge in [0.25, 0.3) is 0 Å². The molecule has 36 heavy (non-hydrogen) atoms. The first kappa shape index (κ1) is 25.4. The average molecular weight is 548 g/mol. The maximum Gasteiger partial charge on any atom is 0.211 e. The van der Waals surface area contributed by atoms with Crippen molar-refractivity contribution >= 4 is 44.1 Å². The molecule has 1 spiro atoms. The molecule has 5 rings (SSSR count). The van der Waals surface area contributed by atoms with Crippen molar-refractivity contribution in [3.8, 4) is 17.5 Å². The number of aromatic nitrogens is 1. The molecule has 0 atom stereocenters. The second-order valence-corrected chi connectivity index (χ2v) is 12.6. The molecular formula is C26H28Cl2N4O3S. The number of benzene rings is 2. The van der Waals surface area contributed by atoms with Crippen LogP contribution in [0.15, 0.2) is 42.6 Å². The van der Waals surface area contributed by atoms with Crippen molar-refractivity contribution in [2.45, 2.75) is 19.4 Å². The van der Waals surface area contributed by atoms with Crippen LogP contribution in [0.5, 0.6) is 5.75 Å². The van der Waals surface area contributed by atoms with Gasteiger partial charge in [0.15, 0.2) is 5.75 Å². The first-order valence-corrected chi connectivity index (χ1v) is 14.7. The van der Waals surface area contributed by atoms with Crippen LogP contribution in [0.1, 0.15) is 24.0 Å². The summed E-state index contributed by atoms with van der Waals surface area (Å²) in [6.45, 7) is 4.42. The molecule has 2 aliphatic rings. The second-order valence-electron chi connectivity index (χ2n) is 9.84. The highest BCUT2D eigenvalue weighted by molar-refractivity contribution is 7.88. The molecule has 1 aromatic heterocycles. The molecule has 10 heteroatoms. The fourth-order valence-electron chi connectivity index (χ4n) is 5.30. The van der Waals surface area contributed by atoms with Gasteiger partial charge < -0.3 is 9.30 Å². The van der Waals surface area contributed by atoms with Gasteiger partial charge in [-0.1, -0.05) is 17.7 Å². The van der Waals surface area contributed by atoms with Crippen molar-refractivity contribution in [2.24, 2.45) is 5.41 Å². The van der Waals surface area contributed by atoms with Crippen molar-refractivity contribution in [1.82, 2.24) is 13.8 Å². The zero-order valence-electron chi connectivity index (χ0n) is 20.1. The van der Waals surface area contributed by atoms with Gasteiger partial charge in [-0.2, -0.15) is 5.26 Å². The van der Waals surface area contributed by atoms with Gasteiger partial charge in [-0.3, -0.25) is 4.90 Å². The van der Waals surface area contributed by atoms with Crippen LogP contribution >= 0.6 is 23.2 Å². The van der Waals surface area contributed by atoms with E-state index in [0.29, 0.717) is 35.3 Å². The first-order valence-electron chi connectivity index (χ1n) is 11.9. The summed E-state index contributed by atoms with van der Waals surface area (Å²) in [5.74, 6) is 0.671. The van der Waals surface area contributed by atoms with Crippen LogP contribution in [0.25, 0.3) is 16.6 Å². The third-order valence-electron chi connectivity index (χ3n) is 7.32. The number of nitrogens with zero attached hydrogens (tertiary/aromatic N) is 4. The smallest absolute Gasteiger partial charge is 0.211 e. The van der Waals surface area contributed by atoms with E-state index in [1.165, 1.54) is 11.8 Å². The van der Waals surface area contributed by atoms with Gasteiger partial charge >= 0.3 is 0 Å². The molecule has 2 fully saturated rings. The fraction of sp³-hybridized carbons (Fsp3) is 0.423. The van der Waals surface area contributed by atoms with Crippen LogP contribution in [0.2, 0.25) is 5.02 Å². The number of halogens is 2. The van der Waals surface area contributed by atoms with Gasteiger partial charge in [0.05, 0.1) is 28.2 Å². The number of ether oxygens (including phenoxy) is 1. The summed E-state index contributed by atoms with van der Waals surface area (Å²) < 4.78 is 32.6. The van der Waals surface area contributed by atoms with Crippen molar-refractivity contribution in [3.05, 3.63) is 58.7 Å². The van der Waals surface area contributed by atoms with Gasteiger partial charge in [0.1, 0.15) is 12.7 Å². The molecular weight excluding hydrogens is 519 g/mol. The second kappa shape index (κ2) is 9.88. The Morgan fingerprint density at radius 2 is 1.89 bits per heavy atom. The molecule has 0 bridgehead atoms. The fourth-order valence-corrected chi connectivity index (χ4v) is 6.66. The highest BCUT2D eigenvalue weighted by Gasteiger charge is 2.47. The SMILES string of the molecule is CS(=O)(=O)N1CC2(CCN(Cc3ccc4c(ccn4-c4cc(Cl)c(OCCCl)c(C#N)c4)c3)CC2)C1. The van der Waals surface area contributed by atoms with Crippen LogP contribution in [0.3, 0.4) is 0 Å². The van der Waals surface area contributed by atoms with Crippen molar-refractivity contribution in [2.75, 3.05) is 44.9 Å². The maximum absolute atomic E-state index is 11.7. The molecule has 0 N–H and O–H groups in total. The molecule has 0 amide bonds. The van der Waals surface area contributed by atoms with E-state index in [-0.39, 0.29) is 12.0 Å². The van der Waals surface area contributed by atoms with Crippen LogP contribution in [-0.4, -0.2) is 67.1 Å². The Morgan fingerprint density at radius 3 is 2.56 bits per heavy atom. The minimum absolute atomic E-state index is 0.162. The minimum Gasteiger partial charge on any atom is -0.489 e. The van der Waals surface area contributed by atoms with E-state index in [2.05, 4.69) is 35.2 Å². The number of fused-ring (bicyclic) bond motifs is 1. The first-order chi connectivity index (χ1) is 17.2. The molecule has 7 nitrogen and oxygen atoms in total. The van der Waals surface area contributed by atoms with E-state index < -0.39 is 10.0 Å². The van der Waals surface area contributed by atoms with E-state index >= 15 is 0 Å². The lowest BCUT2D eigenvalue weighted by Crippen LogP contribution is -2.61. The predicted molar refractivity (Wildman–Crippen MR) is 143 cm³/mol. The third-order valence-corrected chi connectivity index (χ3v) is 8.95. The Balaban J connectivity index is 1.28. The number of hydrogen-bond acceptors (Lipinski definition) is 5. The normalized spacial score (nSPS) is 18.3. The van der Waals surface area contributed by atoms with Crippen LogP contribution < -0.4 is 4.74 Å². The number of likely N-dealkylation sites (tertiary alicyclic amines) is 1.